The molecule has 2 aliphatic heterocycles. The van der Waals surface area contributed by atoms with Gasteiger partial charge in [0.1, 0.15) is 5.70 Å². The van der Waals surface area contributed by atoms with E-state index in [2.05, 4.69) is 26.1 Å². The van der Waals surface area contributed by atoms with E-state index in [9.17, 15) is 9.90 Å². The summed E-state index contributed by atoms with van der Waals surface area (Å²) in [4.78, 5) is 14.8. The molecule has 2 N–H and O–H groups in total. The van der Waals surface area contributed by atoms with E-state index in [1.807, 2.05) is 30.1 Å². The van der Waals surface area contributed by atoms with Crippen LogP contribution < -0.4 is 5.32 Å². The number of ether oxygens (including phenoxy) is 1. The third-order valence-corrected chi connectivity index (χ3v) is 6.12. The van der Waals surface area contributed by atoms with Gasteiger partial charge < -0.3 is 20.1 Å². The summed E-state index contributed by atoms with van der Waals surface area (Å²) in [6.07, 6.45) is 10.3. The second-order valence-electron chi connectivity index (χ2n) is 7.97. The first-order valence-electron chi connectivity index (χ1n) is 10.2. The molecule has 0 aromatic carbocycles. The number of hydrogen-bond acceptors (Lipinski definition) is 4. The predicted molar refractivity (Wildman–Crippen MR) is 109 cm³/mol. The average Bonchev–Trinajstić information content (AvgIpc) is 3.06. The minimum atomic E-state index is -0.546. The summed E-state index contributed by atoms with van der Waals surface area (Å²) in [7, 11) is 1.65. The van der Waals surface area contributed by atoms with Crippen molar-refractivity contribution in [1.82, 2.24) is 10.2 Å². The standard InChI is InChI=1S/C22H36N2O3/c1-6-22(26,7-2)15-18-10-12-24(13-11-18)21(25)20-14-16(3)19(23-20)9-8-17(4)27-5/h8-9,14,16,18,23,26H,6-7,10-13,15H2,1-5H3/b17-8+,19-9+. The number of likely N-dealkylation sites (tertiary alicyclic amines) is 1. The third-order valence-electron chi connectivity index (χ3n) is 6.12. The van der Waals surface area contributed by atoms with Crippen LogP contribution in [0, 0.1) is 11.8 Å². The molecular formula is C22H36N2O3. The number of nitrogens with zero attached hydrogens (tertiary/aromatic N) is 1. The maximum absolute atomic E-state index is 12.9. The maximum atomic E-state index is 12.9. The van der Waals surface area contributed by atoms with Crippen molar-refractivity contribution in [3.63, 3.8) is 0 Å². The van der Waals surface area contributed by atoms with E-state index in [0.29, 0.717) is 11.6 Å². The number of nitrogens with one attached hydrogen (secondary N) is 1. The number of methoxy groups -OCH3 is 1. The second-order valence-corrected chi connectivity index (χ2v) is 7.97. The SMILES string of the molecule is CCC(O)(CC)CC1CCN(C(=O)C2=CC(C)/C(=C\C=C(/C)OC)N2)CC1. The molecule has 1 fully saturated rings. The quantitative estimate of drug-likeness (QED) is 0.665. The summed E-state index contributed by atoms with van der Waals surface area (Å²) in [5, 5.41) is 13.9. The minimum Gasteiger partial charge on any atom is -0.501 e. The predicted octanol–water partition coefficient (Wildman–Crippen LogP) is 3.72. The molecular weight excluding hydrogens is 340 g/mol. The number of carbonyl (C=O) groups is 1. The molecule has 0 spiro atoms. The van der Waals surface area contributed by atoms with Gasteiger partial charge in [0, 0.05) is 24.7 Å². The number of rotatable bonds is 7. The van der Waals surface area contributed by atoms with Crippen molar-refractivity contribution in [2.45, 2.75) is 65.4 Å². The normalized spacial score (nSPS) is 23.4. The molecule has 2 aliphatic rings. The van der Waals surface area contributed by atoms with Gasteiger partial charge >= 0.3 is 0 Å². The topological polar surface area (TPSA) is 61.8 Å². The molecule has 0 aliphatic carbocycles. The summed E-state index contributed by atoms with van der Waals surface area (Å²) in [5.74, 6) is 1.60. The van der Waals surface area contributed by atoms with Gasteiger partial charge in [0.15, 0.2) is 0 Å². The van der Waals surface area contributed by atoms with E-state index in [1.165, 1.54) is 0 Å². The van der Waals surface area contributed by atoms with E-state index >= 15 is 0 Å². The second kappa shape index (κ2) is 9.45. The number of aliphatic hydroxyl groups is 1. The van der Waals surface area contributed by atoms with E-state index < -0.39 is 5.60 Å². The minimum absolute atomic E-state index is 0.0809. The first kappa shape index (κ1) is 21.5. The van der Waals surface area contributed by atoms with Crippen LogP contribution in [0.2, 0.25) is 0 Å². The lowest BCUT2D eigenvalue weighted by molar-refractivity contribution is -0.129. The third kappa shape index (κ3) is 5.61. The largest absolute Gasteiger partial charge is 0.501 e. The molecule has 1 atom stereocenters. The lowest BCUT2D eigenvalue weighted by Gasteiger charge is -2.36. The zero-order chi connectivity index (χ0) is 20.0. The van der Waals surface area contributed by atoms with E-state index in [-0.39, 0.29) is 11.8 Å². The van der Waals surface area contributed by atoms with Crippen molar-refractivity contribution in [3.8, 4) is 0 Å². The Hall–Kier alpha value is -1.75. The molecule has 1 unspecified atom stereocenters. The molecule has 1 amide bonds. The fourth-order valence-corrected chi connectivity index (χ4v) is 3.83. The molecule has 152 valence electrons. The van der Waals surface area contributed by atoms with E-state index in [0.717, 1.165) is 56.6 Å². The van der Waals surface area contributed by atoms with Crippen molar-refractivity contribution in [3.05, 3.63) is 35.4 Å². The Kier molecular flexibility index (Phi) is 7.54. The molecule has 0 radical (unpaired) electrons. The number of piperidine rings is 1. The molecule has 27 heavy (non-hydrogen) atoms. The van der Waals surface area contributed by atoms with Gasteiger partial charge in [-0.2, -0.15) is 0 Å². The molecule has 0 saturated carbocycles. The molecule has 0 aromatic heterocycles. The smallest absolute Gasteiger partial charge is 0.269 e. The Morgan fingerprint density at radius 1 is 1.37 bits per heavy atom. The van der Waals surface area contributed by atoms with Crippen molar-refractivity contribution >= 4 is 5.91 Å². The lowest BCUT2D eigenvalue weighted by Crippen LogP contribution is -2.42. The molecule has 1 saturated heterocycles. The van der Waals surface area contributed by atoms with Gasteiger partial charge in [-0.1, -0.05) is 20.8 Å². The number of allylic oxidation sites excluding steroid dienone is 4. The van der Waals surface area contributed by atoms with Crippen molar-refractivity contribution in [2.24, 2.45) is 11.8 Å². The van der Waals surface area contributed by atoms with Gasteiger partial charge in [-0.3, -0.25) is 4.79 Å². The van der Waals surface area contributed by atoms with Crippen LogP contribution in [-0.2, 0) is 9.53 Å². The molecule has 2 heterocycles. The molecule has 0 aromatic rings. The highest BCUT2D eigenvalue weighted by molar-refractivity contribution is 5.94. The highest BCUT2D eigenvalue weighted by Crippen LogP contribution is 2.31. The Morgan fingerprint density at radius 3 is 2.56 bits per heavy atom. The van der Waals surface area contributed by atoms with Crippen molar-refractivity contribution < 1.29 is 14.6 Å². The van der Waals surface area contributed by atoms with Gasteiger partial charge in [-0.15, -0.1) is 0 Å². The fourth-order valence-electron chi connectivity index (χ4n) is 3.83. The van der Waals surface area contributed by atoms with Crippen LogP contribution in [0.4, 0.5) is 0 Å². The van der Waals surface area contributed by atoms with Gasteiger partial charge in [0.2, 0.25) is 0 Å². The summed E-state index contributed by atoms with van der Waals surface area (Å²) < 4.78 is 5.15. The van der Waals surface area contributed by atoms with Crippen LogP contribution in [-0.4, -0.2) is 41.7 Å². The molecule has 5 heteroatoms. The highest BCUT2D eigenvalue weighted by atomic mass is 16.5. The van der Waals surface area contributed by atoms with Gasteiger partial charge in [-0.05, 0) is 63.2 Å². The summed E-state index contributed by atoms with van der Waals surface area (Å²) in [6.45, 7) is 9.62. The number of amides is 1. The van der Waals surface area contributed by atoms with E-state index in [4.69, 9.17) is 4.74 Å². The first-order valence-corrected chi connectivity index (χ1v) is 10.2. The summed E-state index contributed by atoms with van der Waals surface area (Å²) in [5.41, 5.74) is 1.14. The zero-order valence-electron chi connectivity index (χ0n) is 17.5. The molecule has 0 bridgehead atoms. The van der Waals surface area contributed by atoms with Crippen LogP contribution in [0.5, 0.6) is 0 Å². The number of hydrogen-bond donors (Lipinski definition) is 2. The Morgan fingerprint density at radius 2 is 2.00 bits per heavy atom. The number of carbonyl (C=O) groups excluding carboxylic acids is 1. The van der Waals surface area contributed by atoms with Crippen LogP contribution in [0.15, 0.2) is 35.4 Å². The zero-order valence-corrected chi connectivity index (χ0v) is 17.5. The summed E-state index contributed by atoms with van der Waals surface area (Å²) in [6, 6.07) is 0. The fraction of sp³-hybridized carbons (Fsp3) is 0.682. The van der Waals surface area contributed by atoms with Gasteiger partial charge in [-0.25, -0.2) is 0 Å². The van der Waals surface area contributed by atoms with E-state index in [1.54, 1.807) is 7.11 Å². The maximum Gasteiger partial charge on any atom is 0.269 e. The summed E-state index contributed by atoms with van der Waals surface area (Å²) >= 11 is 0. The van der Waals surface area contributed by atoms with Gasteiger partial charge in [0.25, 0.3) is 5.91 Å². The van der Waals surface area contributed by atoms with Gasteiger partial charge in [0.05, 0.1) is 18.5 Å². The highest BCUT2D eigenvalue weighted by Gasteiger charge is 2.32. The lowest BCUT2D eigenvalue weighted by atomic mass is 9.82. The van der Waals surface area contributed by atoms with Crippen LogP contribution in [0.25, 0.3) is 0 Å². The van der Waals surface area contributed by atoms with Crippen molar-refractivity contribution in [1.29, 1.82) is 0 Å². The van der Waals surface area contributed by atoms with Crippen LogP contribution in [0.1, 0.15) is 59.8 Å². The Labute approximate surface area is 164 Å². The monoisotopic (exact) mass is 376 g/mol. The van der Waals surface area contributed by atoms with Crippen LogP contribution in [0.3, 0.4) is 0 Å². The first-order chi connectivity index (χ1) is 12.8. The van der Waals surface area contributed by atoms with Crippen molar-refractivity contribution in [2.75, 3.05) is 20.2 Å². The Balaban J connectivity index is 1.90. The molecule has 5 nitrogen and oxygen atoms in total. The molecule has 2 rings (SSSR count). The Bertz CT molecular complexity index is 609. The van der Waals surface area contributed by atoms with Crippen LogP contribution >= 0.6 is 0 Å². The average molecular weight is 377 g/mol.